The summed E-state index contributed by atoms with van der Waals surface area (Å²) in [6, 6.07) is 9.75. The van der Waals surface area contributed by atoms with Crippen LogP contribution in [-0.4, -0.2) is 33.9 Å². The van der Waals surface area contributed by atoms with E-state index < -0.39 is 5.56 Å². The highest BCUT2D eigenvalue weighted by atomic mass is 16.2. The van der Waals surface area contributed by atoms with Crippen LogP contribution < -0.4 is 10.9 Å². The maximum Gasteiger partial charge on any atom is 0.263 e. The summed E-state index contributed by atoms with van der Waals surface area (Å²) in [6.45, 7) is 4.73. The molecule has 1 N–H and O–H groups in total. The largest absolute Gasteiger partial charge is 0.352 e. The lowest BCUT2D eigenvalue weighted by atomic mass is 9.95. The molecule has 1 aromatic heterocycles. The summed E-state index contributed by atoms with van der Waals surface area (Å²) in [5.74, 6) is -0.421. The maximum atomic E-state index is 13.4. The molecule has 0 spiro atoms. The lowest BCUT2D eigenvalue weighted by molar-refractivity contribution is -0.122. The van der Waals surface area contributed by atoms with Gasteiger partial charge in [0.1, 0.15) is 12.1 Å². The molecular formula is C26H33N3O3. The van der Waals surface area contributed by atoms with Gasteiger partial charge in [0.25, 0.3) is 11.5 Å². The summed E-state index contributed by atoms with van der Waals surface area (Å²) in [6.07, 6.45) is 8.86. The third-order valence-electron chi connectivity index (χ3n) is 6.96. The molecule has 0 radical (unpaired) electrons. The van der Waals surface area contributed by atoms with E-state index in [0.29, 0.717) is 6.54 Å². The van der Waals surface area contributed by atoms with Crippen LogP contribution >= 0.6 is 0 Å². The molecule has 170 valence electrons. The van der Waals surface area contributed by atoms with Gasteiger partial charge in [-0.3, -0.25) is 14.4 Å². The summed E-state index contributed by atoms with van der Waals surface area (Å²) in [7, 11) is 0. The van der Waals surface area contributed by atoms with Gasteiger partial charge in [0.2, 0.25) is 5.91 Å². The molecule has 1 atom stereocenters. The second kappa shape index (κ2) is 9.72. The van der Waals surface area contributed by atoms with Crippen LogP contribution in [0.5, 0.6) is 0 Å². The number of rotatable bonds is 5. The summed E-state index contributed by atoms with van der Waals surface area (Å²) in [5, 5.41) is 3.04. The zero-order valence-corrected chi connectivity index (χ0v) is 19.1. The monoisotopic (exact) mass is 435 g/mol. The fourth-order valence-electron chi connectivity index (χ4n) is 4.98. The summed E-state index contributed by atoms with van der Waals surface area (Å²) < 4.78 is 1.35. The predicted octanol–water partition coefficient (Wildman–Crippen LogP) is 3.89. The lowest BCUT2D eigenvalue weighted by Crippen LogP contribution is -2.41. The van der Waals surface area contributed by atoms with Crippen LogP contribution in [0.15, 0.2) is 41.3 Å². The molecule has 2 aliphatic rings. The van der Waals surface area contributed by atoms with Crippen LogP contribution in [-0.2, 0) is 11.3 Å². The topological polar surface area (TPSA) is 71.4 Å². The molecule has 6 heteroatoms. The van der Waals surface area contributed by atoms with E-state index in [1.54, 1.807) is 18.3 Å². The van der Waals surface area contributed by atoms with E-state index in [1.807, 2.05) is 4.90 Å². The Morgan fingerprint density at radius 3 is 2.53 bits per heavy atom. The number of carbonyl (C=O) groups is 2. The zero-order valence-electron chi connectivity index (χ0n) is 19.1. The Kier molecular flexibility index (Phi) is 6.77. The number of pyridine rings is 1. The number of nitrogens with zero attached hydrogens (tertiary/aromatic N) is 2. The van der Waals surface area contributed by atoms with Crippen LogP contribution in [0.1, 0.15) is 78.0 Å². The van der Waals surface area contributed by atoms with E-state index in [0.717, 1.165) is 44.1 Å². The summed E-state index contributed by atoms with van der Waals surface area (Å²) >= 11 is 0. The molecule has 2 fully saturated rings. The number of hydrogen-bond acceptors (Lipinski definition) is 3. The van der Waals surface area contributed by atoms with Gasteiger partial charge in [-0.2, -0.15) is 0 Å². The Morgan fingerprint density at radius 2 is 1.78 bits per heavy atom. The van der Waals surface area contributed by atoms with Crippen molar-refractivity contribution in [3.05, 3.63) is 69.1 Å². The average Bonchev–Trinajstić information content (AvgIpc) is 3.27. The van der Waals surface area contributed by atoms with E-state index >= 15 is 0 Å². The van der Waals surface area contributed by atoms with Gasteiger partial charge in [-0.25, -0.2) is 0 Å². The van der Waals surface area contributed by atoms with Gasteiger partial charge in [-0.05, 0) is 68.4 Å². The van der Waals surface area contributed by atoms with Crippen LogP contribution in [0.3, 0.4) is 0 Å². The van der Waals surface area contributed by atoms with Gasteiger partial charge in [-0.15, -0.1) is 0 Å². The van der Waals surface area contributed by atoms with Crippen LogP contribution in [0.4, 0.5) is 0 Å². The van der Waals surface area contributed by atoms with E-state index in [4.69, 9.17) is 0 Å². The first-order valence-corrected chi connectivity index (χ1v) is 11.8. The van der Waals surface area contributed by atoms with Crippen LogP contribution in [0, 0.1) is 13.8 Å². The van der Waals surface area contributed by atoms with Crippen molar-refractivity contribution in [2.75, 3.05) is 6.54 Å². The molecule has 2 aromatic rings. The number of likely N-dealkylation sites (tertiary alicyclic amines) is 1. The van der Waals surface area contributed by atoms with Crippen LogP contribution in [0.2, 0.25) is 0 Å². The number of nitrogens with one attached hydrogen (secondary N) is 1. The van der Waals surface area contributed by atoms with Crippen molar-refractivity contribution in [2.45, 2.75) is 77.4 Å². The fourth-order valence-corrected chi connectivity index (χ4v) is 4.98. The number of aromatic nitrogens is 1. The molecule has 2 heterocycles. The van der Waals surface area contributed by atoms with E-state index in [-0.39, 0.29) is 36.0 Å². The number of amides is 2. The molecular weight excluding hydrogens is 402 g/mol. The first kappa shape index (κ1) is 22.3. The molecule has 32 heavy (non-hydrogen) atoms. The van der Waals surface area contributed by atoms with Gasteiger partial charge in [-0.1, -0.05) is 37.5 Å². The zero-order chi connectivity index (χ0) is 22.7. The Labute approximate surface area is 189 Å². The summed E-state index contributed by atoms with van der Waals surface area (Å²) in [5.41, 5.74) is 3.27. The minimum atomic E-state index is -0.401. The van der Waals surface area contributed by atoms with Crippen molar-refractivity contribution in [1.29, 1.82) is 0 Å². The third-order valence-corrected chi connectivity index (χ3v) is 6.96. The van der Waals surface area contributed by atoms with Gasteiger partial charge in [0.05, 0.1) is 6.04 Å². The maximum absolute atomic E-state index is 13.4. The van der Waals surface area contributed by atoms with Gasteiger partial charge in [0.15, 0.2) is 0 Å². The average molecular weight is 436 g/mol. The molecule has 0 unspecified atom stereocenters. The number of hydrogen-bond donors (Lipinski definition) is 1. The molecule has 4 rings (SSSR count). The van der Waals surface area contributed by atoms with E-state index in [9.17, 15) is 14.4 Å². The van der Waals surface area contributed by atoms with Crippen molar-refractivity contribution in [3.8, 4) is 0 Å². The van der Waals surface area contributed by atoms with Crippen molar-refractivity contribution < 1.29 is 9.59 Å². The first-order valence-electron chi connectivity index (χ1n) is 11.8. The Balaban J connectivity index is 1.50. The van der Waals surface area contributed by atoms with E-state index in [2.05, 4.69) is 37.4 Å². The van der Waals surface area contributed by atoms with Gasteiger partial charge < -0.3 is 14.8 Å². The van der Waals surface area contributed by atoms with Crippen molar-refractivity contribution in [1.82, 2.24) is 14.8 Å². The molecule has 1 saturated heterocycles. The normalized spacial score (nSPS) is 19.2. The second-order valence-corrected chi connectivity index (χ2v) is 9.26. The van der Waals surface area contributed by atoms with Crippen molar-refractivity contribution >= 4 is 11.8 Å². The van der Waals surface area contributed by atoms with Gasteiger partial charge in [0, 0.05) is 18.8 Å². The Morgan fingerprint density at radius 1 is 1.00 bits per heavy atom. The van der Waals surface area contributed by atoms with Gasteiger partial charge >= 0.3 is 0 Å². The molecule has 0 bridgehead atoms. The summed E-state index contributed by atoms with van der Waals surface area (Å²) in [4.78, 5) is 40.8. The third kappa shape index (κ3) is 4.79. The fraction of sp³-hybridized carbons (Fsp3) is 0.500. The number of carbonyl (C=O) groups excluding carboxylic acids is 2. The Bertz CT molecular complexity index is 1050. The highest BCUT2D eigenvalue weighted by Gasteiger charge is 2.32. The first-order chi connectivity index (χ1) is 15.4. The highest BCUT2D eigenvalue weighted by molar-refractivity contribution is 5.94. The minimum Gasteiger partial charge on any atom is -0.352 e. The molecule has 2 amide bonds. The molecule has 6 nitrogen and oxygen atoms in total. The number of aryl methyl sites for hydroxylation is 2. The second-order valence-electron chi connectivity index (χ2n) is 9.26. The van der Waals surface area contributed by atoms with Crippen molar-refractivity contribution in [3.63, 3.8) is 0 Å². The SMILES string of the molecule is Cc1ccc([C@@H]2CCCN2C(=O)c2cccn(CC(=O)NC3CCCCC3)c2=O)cc1C. The molecule has 1 aromatic carbocycles. The highest BCUT2D eigenvalue weighted by Crippen LogP contribution is 2.33. The lowest BCUT2D eigenvalue weighted by Gasteiger charge is -2.26. The smallest absolute Gasteiger partial charge is 0.263 e. The Hall–Kier alpha value is -2.89. The molecule has 1 aliphatic heterocycles. The predicted molar refractivity (Wildman–Crippen MR) is 125 cm³/mol. The van der Waals surface area contributed by atoms with Crippen LogP contribution in [0.25, 0.3) is 0 Å². The molecule has 1 saturated carbocycles. The van der Waals surface area contributed by atoms with Crippen molar-refractivity contribution in [2.24, 2.45) is 0 Å². The van der Waals surface area contributed by atoms with E-state index in [1.165, 1.54) is 22.1 Å². The quantitative estimate of drug-likeness (QED) is 0.775. The minimum absolute atomic E-state index is 0.0237. The number of benzene rings is 1. The standard InChI is InChI=1S/C26H33N3O3/c1-18-12-13-20(16-19(18)2)23-11-7-15-29(23)26(32)22-10-6-14-28(25(22)31)17-24(30)27-21-8-4-3-5-9-21/h6,10,12-14,16,21,23H,3-5,7-9,11,15,17H2,1-2H3,(H,27,30)/t23-/m0/s1. The molecule has 1 aliphatic carbocycles.